The average molecular weight is 235 g/mol. The van der Waals surface area contributed by atoms with Crippen LogP contribution < -0.4 is 9.47 Å². The minimum absolute atomic E-state index is 0.177. The quantitative estimate of drug-likeness (QED) is 0.806. The molecular formula is C13H17NO3. The number of hydrogen-bond acceptors (Lipinski definition) is 4. The molecule has 1 heterocycles. The van der Waals surface area contributed by atoms with Crippen molar-refractivity contribution in [1.29, 1.82) is 0 Å². The molecule has 0 amide bonds. The van der Waals surface area contributed by atoms with Crippen LogP contribution in [0.4, 0.5) is 0 Å². The lowest BCUT2D eigenvalue weighted by Crippen LogP contribution is -2.17. The number of methoxy groups -OCH3 is 2. The van der Waals surface area contributed by atoms with Crippen LogP contribution in [0, 0.1) is 0 Å². The molecule has 0 saturated carbocycles. The number of ether oxygens (including phenoxy) is 3. The summed E-state index contributed by atoms with van der Waals surface area (Å²) in [7, 11) is 3.26. The minimum Gasteiger partial charge on any atom is -0.497 e. The van der Waals surface area contributed by atoms with Gasteiger partial charge in [0.05, 0.1) is 25.3 Å². The van der Waals surface area contributed by atoms with Crippen molar-refractivity contribution in [3.05, 3.63) is 23.8 Å². The van der Waals surface area contributed by atoms with Crippen LogP contribution in [0.2, 0.25) is 0 Å². The van der Waals surface area contributed by atoms with E-state index >= 15 is 0 Å². The topological polar surface area (TPSA) is 40.0 Å². The number of nitrogens with zero attached hydrogens (tertiary/aromatic N) is 1. The lowest BCUT2D eigenvalue weighted by Gasteiger charge is -2.09. The Labute approximate surface area is 101 Å². The van der Waals surface area contributed by atoms with E-state index < -0.39 is 0 Å². The molecule has 0 fully saturated rings. The molecule has 0 unspecified atom stereocenters. The largest absolute Gasteiger partial charge is 0.497 e. The van der Waals surface area contributed by atoms with Gasteiger partial charge < -0.3 is 14.2 Å². The number of rotatable bonds is 3. The highest BCUT2D eigenvalue weighted by Gasteiger charge is 2.28. The van der Waals surface area contributed by atoms with Crippen molar-refractivity contribution in [2.24, 2.45) is 4.99 Å². The molecular weight excluding hydrogens is 218 g/mol. The van der Waals surface area contributed by atoms with Crippen molar-refractivity contribution in [2.75, 3.05) is 20.8 Å². The number of hydrogen-bond donors (Lipinski definition) is 0. The SMILES string of the molecule is COc1ccc(OC)c(C2=NC(C)(C)CO2)c1. The maximum atomic E-state index is 5.61. The van der Waals surface area contributed by atoms with Crippen LogP contribution in [0.25, 0.3) is 0 Å². The molecule has 4 heteroatoms. The van der Waals surface area contributed by atoms with Crippen LogP contribution in [0.15, 0.2) is 23.2 Å². The Morgan fingerprint density at radius 2 is 2.00 bits per heavy atom. The Bertz CT molecular complexity index is 452. The lowest BCUT2D eigenvalue weighted by atomic mass is 10.1. The average Bonchev–Trinajstić information content (AvgIpc) is 2.68. The van der Waals surface area contributed by atoms with E-state index in [1.807, 2.05) is 32.0 Å². The van der Waals surface area contributed by atoms with Gasteiger partial charge in [-0.05, 0) is 32.0 Å². The van der Waals surface area contributed by atoms with Gasteiger partial charge in [-0.1, -0.05) is 0 Å². The standard InChI is InChI=1S/C13H17NO3/c1-13(2)8-17-12(14-13)10-7-9(15-3)5-6-11(10)16-4/h5-7H,8H2,1-4H3. The van der Waals surface area contributed by atoms with E-state index in [1.54, 1.807) is 14.2 Å². The van der Waals surface area contributed by atoms with Crippen LogP contribution >= 0.6 is 0 Å². The van der Waals surface area contributed by atoms with Gasteiger partial charge in [-0.25, -0.2) is 4.99 Å². The first-order chi connectivity index (χ1) is 8.05. The Hall–Kier alpha value is -1.71. The minimum atomic E-state index is -0.177. The Morgan fingerprint density at radius 3 is 2.53 bits per heavy atom. The molecule has 1 aliphatic rings. The van der Waals surface area contributed by atoms with Crippen molar-refractivity contribution in [3.8, 4) is 11.5 Å². The van der Waals surface area contributed by atoms with Crippen LogP contribution in [0.5, 0.6) is 11.5 Å². The van der Waals surface area contributed by atoms with E-state index in [0.717, 1.165) is 17.1 Å². The van der Waals surface area contributed by atoms with Gasteiger partial charge in [0.15, 0.2) is 0 Å². The van der Waals surface area contributed by atoms with Crippen LogP contribution in [0.3, 0.4) is 0 Å². The summed E-state index contributed by atoms with van der Waals surface area (Å²) in [5.74, 6) is 2.12. The summed E-state index contributed by atoms with van der Waals surface area (Å²) < 4.78 is 16.1. The van der Waals surface area contributed by atoms with Gasteiger partial charge in [-0.3, -0.25) is 0 Å². The molecule has 2 rings (SSSR count). The smallest absolute Gasteiger partial charge is 0.220 e. The van der Waals surface area contributed by atoms with E-state index in [0.29, 0.717) is 12.5 Å². The first-order valence-corrected chi connectivity index (χ1v) is 5.51. The fourth-order valence-corrected chi connectivity index (χ4v) is 1.70. The third kappa shape index (κ3) is 2.35. The highest BCUT2D eigenvalue weighted by atomic mass is 16.5. The second-order valence-electron chi connectivity index (χ2n) is 4.58. The summed E-state index contributed by atoms with van der Waals surface area (Å²) in [6, 6.07) is 5.58. The van der Waals surface area contributed by atoms with Gasteiger partial charge in [0.25, 0.3) is 0 Å². The molecule has 17 heavy (non-hydrogen) atoms. The molecule has 0 aromatic heterocycles. The predicted molar refractivity (Wildman–Crippen MR) is 66.1 cm³/mol. The van der Waals surface area contributed by atoms with Crippen molar-refractivity contribution in [2.45, 2.75) is 19.4 Å². The summed E-state index contributed by atoms with van der Waals surface area (Å²) >= 11 is 0. The Kier molecular flexibility index (Phi) is 2.96. The highest BCUT2D eigenvalue weighted by Crippen LogP contribution is 2.29. The summed E-state index contributed by atoms with van der Waals surface area (Å²) in [5, 5.41) is 0. The second-order valence-corrected chi connectivity index (χ2v) is 4.58. The van der Waals surface area contributed by atoms with Gasteiger partial charge in [-0.15, -0.1) is 0 Å². The van der Waals surface area contributed by atoms with Crippen LogP contribution in [-0.4, -0.2) is 32.3 Å². The molecule has 0 N–H and O–H groups in total. The molecule has 1 aliphatic heterocycles. The maximum Gasteiger partial charge on any atom is 0.220 e. The zero-order valence-electron chi connectivity index (χ0n) is 10.6. The Morgan fingerprint density at radius 1 is 1.24 bits per heavy atom. The molecule has 1 aromatic rings. The predicted octanol–water partition coefficient (Wildman–Crippen LogP) is 2.26. The molecule has 0 aliphatic carbocycles. The first kappa shape index (κ1) is 11.8. The van der Waals surface area contributed by atoms with Gasteiger partial charge in [0.1, 0.15) is 18.1 Å². The first-order valence-electron chi connectivity index (χ1n) is 5.51. The number of benzene rings is 1. The molecule has 0 radical (unpaired) electrons. The molecule has 0 bridgehead atoms. The fraction of sp³-hybridized carbons (Fsp3) is 0.462. The van der Waals surface area contributed by atoms with Crippen molar-refractivity contribution < 1.29 is 14.2 Å². The summed E-state index contributed by atoms with van der Waals surface area (Å²) in [5.41, 5.74) is 0.654. The monoisotopic (exact) mass is 235 g/mol. The molecule has 4 nitrogen and oxygen atoms in total. The van der Waals surface area contributed by atoms with Gasteiger partial charge >= 0.3 is 0 Å². The van der Waals surface area contributed by atoms with Gasteiger partial charge in [0.2, 0.25) is 5.90 Å². The van der Waals surface area contributed by atoms with Crippen molar-refractivity contribution in [3.63, 3.8) is 0 Å². The van der Waals surface area contributed by atoms with Crippen molar-refractivity contribution in [1.82, 2.24) is 0 Å². The van der Waals surface area contributed by atoms with Gasteiger partial charge in [0, 0.05) is 0 Å². The van der Waals surface area contributed by atoms with E-state index in [1.165, 1.54) is 0 Å². The summed E-state index contributed by atoms with van der Waals surface area (Å²) in [6.07, 6.45) is 0. The van der Waals surface area contributed by atoms with E-state index in [-0.39, 0.29) is 5.54 Å². The van der Waals surface area contributed by atoms with Crippen molar-refractivity contribution >= 4 is 5.90 Å². The molecule has 92 valence electrons. The lowest BCUT2D eigenvalue weighted by molar-refractivity contribution is 0.278. The zero-order chi connectivity index (χ0) is 12.5. The third-order valence-electron chi connectivity index (χ3n) is 2.60. The molecule has 0 atom stereocenters. The number of aliphatic imine (C=N–C) groups is 1. The Balaban J connectivity index is 2.43. The van der Waals surface area contributed by atoms with E-state index in [2.05, 4.69) is 4.99 Å². The molecule has 0 spiro atoms. The second kappa shape index (κ2) is 4.28. The fourth-order valence-electron chi connectivity index (χ4n) is 1.70. The normalized spacial score (nSPS) is 17.3. The van der Waals surface area contributed by atoms with E-state index in [4.69, 9.17) is 14.2 Å². The zero-order valence-corrected chi connectivity index (χ0v) is 10.6. The molecule has 1 aromatic carbocycles. The third-order valence-corrected chi connectivity index (χ3v) is 2.60. The van der Waals surface area contributed by atoms with Crippen LogP contribution in [0.1, 0.15) is 19.4 Å². The highest BCUT2D eigenvalue weighted by molar-refractivity contribution is 5.98. The summed E-state index contributed by atoms with van der Waals surface area (Å²) in [4.78, 5) is 4.53. The summed E-state index contributed by atoms with van der Waals surface area (Å²) in [6.45, 7) is 4.65. The van der Waals surface area contributed by atoms with Crippen LogP contribution in [-0.2, 0) is 4.74 Å². The van der Waals surface area contributed by atoms with E-state index in [9.17, 15) is 0 Å². The molecule has 0 saturated heterocycles. The van der Waals surface area contributed by atoms with Gasteiger partial charge in [-0.2, -0.15) is 0 Å². The maximum absolute atomic E-state index is 5.61.